The highest BCUT2D eigenvalue weighted by Crippen LogP contribution is 2.21. The number of hydrogen-bond donors (Lipinski definition) is 0. The highest BCUT2D eigenvalue weighted by Gasteiger charge is 2.27. The maximum Gasteiger partial charge on any atom is 0.235 e. The van der Waals surface area contributed by atoms with E-state index in [4.69, 9.17) is 14.5 Å². The van der Waals surface area contributed by atoms with E-state index >= 15 is 0 Å². The molecule has 3 rings (SSSR count). The predicted molar refractivity (Wildman–Crippen MR) is 93.3 cm³/mol. The Morgan fingerprint density at radius 3 is 2.17 bits per heavy atom. The average Bonchev–Trinajstić information content (AvgIpc) is 3.13. The van der Waals surface area contributed by atoms with Gasteiger partial charge in [0.05, 0.1) is 12.1 Å². The molecule has 0 radical (unpaired) electrons. The summed E-state index contributed by atoms with van der Waals surface area (Å²) in [5.41, 5.74) is 1.55. The Labute approximate surface area is 137 Å². The Bertz CT molecular complexity index is 612. The van der Waals surface area contributed by atoms with Crippen molar-refractivity contribution in [3.63, 3.8) is 0 Å². The Hall–Kier alpha value is -1.91. The molecule has 0 saturated carbocycles. The molecule has 3 aliphatic rings. The van der Waals surface area contributed by atoms with E-state index in [2.05, 4.69) is 43.8 Å². The van der Waals surface area contributed by atoms with Gasteiger partial charge in [-0.3, -0.25) is 0 Å². The Balaban J connectivity index is 1.82. The van der Waals surface area contributed by atoms with Gasteiger partial charge in [0.1, 0.15) is 24.6 Å². The molecule has 5 heteroatoms. The fraction of sp³-hybridized carbons (Fsp3) is 0.611. The van der Waals surface area contributed by atoms with Crippen molar-refractivity contribution in [3.05, 3.63) is 23.9 Å². The monoisotopic (exact) mass is 315 g/mol. The van der Waals surface area contributed by atoms with Gasteiger partial charge in [-0.1, -0.05) is 33.8 Å². The first-order chi connectivity index (χ1) is 11.0. The van der Waals surface area contributed by atoms with E-state index in [1.54, 1.807) is 0 Å². The van der Waals surface area contributed by atoms with Crippen LogP contribution in [-0.4, -0.2) is 42.8 Å². The van der Waals surface area contributed by atoms with Crippen LogP contribution < -0.4 is 0 Å². The third kappa shape index (κ3) is 3.54. The smallest absolute Gasteiger partial charge is 0.235 e. The summed E-state index contributed by atoms with van der Waals surface area (Å²) in [7, 11) is 0. The van der Waals surface area contributed by atoms with Crippen molar-refractivity contribution in [3.8, 4) is 0 Å². The van der Waals surface area contributed by atoms with Crippen LogP contribution in [0.4, 0.5) is 0 Å². The van der Waals surface area contributed by atoms with Crippen LogP contribution in [0.3, 0.4) is 0 Å². The maximum absolute atomic E-state index is 5.76. The van der Waals surface area contributed by atoms with Gasteiger partial charge in [0.2, 0.25) is 11.8 Å². The molecular weight excluding hydrogens is 290 g/mol. The van der Waals surface area contributed by atoms with Gasteiger partial charge in [-0.05, 0) is 30.4 Å². The Morgan fingerprint density at radius 1 is 0.957 bits per heavy atom. The van der Waals surface area contributed by atoms with Crippen LogP contribution in [0, 0.1) is 11.8 Å². The van der Waals surface area contributed by atoms with Crippen LogP contribution in [0.5, 0.6) is 0 Å². The molecule has 124 valence electrons. The van der Waals surface area contributed by atoms with Gasteiger partial charge in [0.25, 0.3) is 0 Å². The molecule has 2 atom stereocenters. The summed E-state index contributed by atoms with van der Waals surface area (Å²) in [6, 6.07) is 0.424. The molecule has 3 heterocycles. The highest BCUT2D eigenvalue weighted by molar-refractivity contribution is 6.44. The highest BCUT2D eigenvalue weighted by atomic mass is 16.5. The van der Waals surface area contributed by atoms with Gasteiger partial charge in [0.15, 0.2) is 0 Å². The van der Waals surface area contributed by atoms with Gasteiger partial charge in [-0.15, -0.1) is 0 Å². The predicted octanol–water partition coefficient (Wildman–Crippen LogP) is 3.18. The summed E-state index contributed by atoms with van der Waals surface area (Å²) >= 11 is 0. The molecule has 3 aliphatic heterocycles. The molecule has 0 bridgehead atoms. The van der Waals surface area contributed by atoms with Crippen LogP contribution in [0.25, 0.3) is 0 Å². The third-order valence-electron chi connectivity index (χ3n) is 4.29. The minimum Gasteiger partial charge on any atom is -0.474 e. The fourth-order valence-corrected chi connectivity index (χ4v) is 2.57. The lowest BCUT2D eigenvalue weighted by atomic mass is 10.1. The van der Waals surface area contributed by atoms with Gasteiger partial charge < -0.3 is 9.47 Å². The molecular formula is C18H25N3O2. The normalized spacial score (nSPS) is 27.2. The summed E-state index contributed by atoms with van der Waals surface area (Å²) in [4.78, 5) is 14.0. The van der Waals surface area contributed by atoms with Gasteiger partial charge >= 0.3 is 0 Å². The van der Waals surface area contributed by atoms with Gasteiger partial charge in [-0.2, -0.15) is 0 Å². The first kappa shape index (κ1) is 16.0. The number of rotatable bonds is 4. The zero-order valence-corrected chi connectivity index (χ0v) is 14.3. The molecule has 0 fully saturated rings. The van der Waals surface area contributed by atoms with Crippen molar-refractivity contribution in [2.24, 2.45) is 26.8 Å². The molecule has 0 aliphatic carbocycles. The topological polar surface area (TPSA) is 55.5 Å². The van der Waals surface area contributed by atoms with E-state index in [-0.39, 0.29) is 12.1 Å². The molecule has 0 amide bonds. The minimum atomic E-state index is 0.210. The lowest BCUT2D eigenvalue weighted by Crippen LogP contribution is -2.14. The average molecular weight is 315 g/mol. The number of aliphatic imine (C=N–C) groups is 3. The van der Waals surface area contributed by atoms with Crippen LogP contribution in [0.15, 0.2) is 38.9 Å². The first-order valence-electron chi connectivity index (χ1n) is 8.42. The van der Waals surface area contributed by atoms with Gasteiger partial charge in [0, 0.05) is 0 Å². The number of allylic oxidation sites excluding steroid dienone is 2. The van der Waals surface area contributed by atoms with Gasteiger partial charge in [-0.25, -0.2) is 15.0 Å². The Morgan fingerprint density at radius 2 is 1.57 bits per heavy atom. The van der Waals surface area contributed by atoms with Crippen LogP contribution >= 0.6 is 0 Å². The van der Waals surface area contributed by atoms with E-state index in [9.17, 15) is 0 Å². The molecule has 0 aromatic heterocycles. The second-order valence-corrected chi connectivity index (χ2v) is 6.84. The number of nitrogens with zero attached hydrogens (tertiary/aromatic N) is 3. The van der Waals surface area contributed by atoms with Crippen molar-refractivity contribution in [2.75, 3.05) is 13.2 Å². The van der Waals surface area contributed by atoms with Crippen LogP contribution in [-0.2, 0) is 9.47 Å². The second-order valence-electron chi connectivity index (χ2n) is 6.84. The van der Waals surface area contributed by atoms with Crippen LogP contribution in [0.1, 0.15) is 34.1 Å². The molecule has 5 nitrogen and oxygen atoms in total. The van der Waals surface area contributed by atoms with Crippen molar-refractivity contribution in [1.29, 1.82) is 0 Å². The van der Waals surface area contributed by atoms with E-state index < -0.39 is 0 Å². The molecule has 23 heavy (non-hydrogen) atoms. The molecule has 0 N–H and O–H groups in total. The molecule has 0 aromatic rings. The van der Waals surface area contributed by atoms with Crippen molar-refractivity contribution in [2.45, 2.75) is 46.2 Å². The zero-order valence-electron chi connectivity index (χ0n) is 14.3. The van der Waals surface area contributed by atoms with Crippen molar-refractivity contribution >= 4 is 17.5 Å². The maximum atomic E-state index is 5.76. The summed E-state index contributed by atoms with van der Waals surface area (Å²) in [5.74, 6) is 2.21. The largest absolute Gasteiger partial charge is 0.474 e. The summed E-state index contributed by atoms with van der Waals surface area (Å²) < 4.78 is 11.5. The van der Waals surface area contributed by atoms with Crippen molar-refractivity contribution in [1.82, 2.24) is 0 Å². The SMILES string of the molecule is CC(C)C1COC(C2=NC(C3=N[C@@H](C(C)C)CO3)=CCC=C2)=N1. The molecule has 0 aromatic carbocycles. The summed E-state index contributed by atoms with van der Waals surface area (Å²) in [6.07, 6.45) is 6.88. The summed E-state index contributed by atoms with van der Waals surface area (Å²) in [6.45, 7) is 9.89. The Kier molecular flexibility index (Phi) is 4.64. The third-order valence-corrected chi connectivity index (χ3v) is 4.29. The van der Waals surface area contributed by atoms with E-state index in [1.165, 1.54) is 0 Å². The first-order valence-corrected chi connectivity index (χ1v) is 8.42. The molecule has 0 saturated heterocycles. The van der Waals surface area contributed by atoms with Crippen LogP contribution in [0.2, 0.25) is 0 Å². The van der Waals surface area contributed by atoms with E-state index in [0.717, 1.165) is 17.8 Å². The van der Waals surface area contributed by atoms with Crippen molar-refractivity contribution < 1.29 is 9.47 Å². The van der Waals surface area contributed by atoms with E-state index in [1.807, 2.05) is 12.2 Å². The lowest BCUT2D eigenvalue weighted by Gasteiger charge is -2.06. The zero-order chi connectivity index (χ0) is 16.4. The standard InChI is InChI=1S/C18H25N3O2/c1-11(2)15-9-22-17(20-15)13-7-5-6-8-14(19-13)18-21-16(10-23-18)12(3)4/h5,7-8,11-12,15-16H,6,9-10H2,1-4H3/t15?,16-/m1/s1. The molecule has 1 unspecified atom stereocenters. The summed E-state index contributed by atoms with van der Waals surface area (Å²) in [5, 5.41) is 0. The number of ether oxygens (including phenoxy) is 2. The molecule has 0 spiro atoms. The lowest BCUT2D eigenvalue weighted by molar-refractivity contribution is 0.291. The quantitative estimate of drug-likeness (QED) is 0.800. The second kappa shape index (κ2) is 6.69. The minimum absolute atomic E-state index is 0.210. The number of hydrogen-bond acceptors (Lipinski definition) is 5. The fourth-order valence-electron chi connectivity index (χ4n) is 2.57. The van der Waals surface area contributed by atoms with E-state index in [0.29, 0.717) is 36.8 Å².